The molecule has 2 aromatic rings. The lowest BCUT2D eigenvalue weighted by molar-refractivity contribution is -0.123. The molecule has 6 heteroatoms. The number of rotatable bonds is 1. The van der Waals surface area contributed by atoms with Crippen molar-refractivity contribution in [3.05, 3.63) is 18.2 Å². The Morgan fingerprint density at radius 1 is 1.24 bits per heavy atom. The van der Waals surface area contributed by atoms with E-state index in [0.29, 0.717) is 5.69 Å². The van der Waals surface area contributed by atoms with E-state index < -0.39 is 0 Å². The number of hydrogen-bond donors (Lipinski definition) is 0. The van der Waals surface area contributed by atoms with E-state index in [9.17, 15) is 9.59 Å². The summed E-state index contributed by atoms with van der Waals surface area (Å²) < 4.78 is 4.79. The van der Waals surface area contributed by atoms with Crippen molar-refractivity contribution in [1.29, 1.82) is 0 Å². The average molecular weight is 245 g/mol. The van der Waals surface area contributed by atoms with Crippen LogP contribution in [-0.2, 0) is 9.59 Å². The molecule has 17 heavy (non-hydrogen) atoms. The SMILES string of the molecule is O=C1C2CC2C(=O)N1c1ccc2snnc2c1. The Bertz CT molecular complexity index is 646. The minimum absolute atomic E-state index is 0.0632. The molecule has 2 fully saturated rings. The summed E-state index contributed by atoms with van der Waals surface area (Å²) in [6, 6.07) is 5.38. The number of nitrogens with zero attached hydrogens (tertiary/aromatic N) is 3. The van der Waals surface area contributed by atoms with Crippen molar-refractivity contribution in [1.82, 2.24) is 9.59 Å². The number of carbonyl (C=O) groups is 2. The van der Waals surface area contributed by atoms with E-state index in [0.717, 1.165) is 16.6 Å². The minimum Gasteiger partial charge on any atom is -0.274 e. The fourth-order valence-electron chi connectivity index (χ4n) is 2.34. The number of aromatic nitrogens is 2. The van der Waals surface area contributed by atoms with Crippen LogP contribution < -0.4 is 4.90 Å². The van der Waals surface area contributed by atoms with Gasteiger partial charge in [-0.2, -0.15) is 0 Å². The predicted octanol–water partition coefficient (Wildman–Crippen LogP) is 1.20. The lowest BCUT2D eigenvalue weighted by Crippen LogP contribution is -2.32. The van der Waals surface area contributed by atoms with E-state index in [4.69, 9.17) is 0 Å². The molecule has 84 valence electrons. The molecular formula is C11H7N3O2S. The maximum atomic E-state index is 11.9. The van der Waals surface area contributed by atoms with Crippen LogP contribution in [0.4, 0.5) is 5.69 Å². The van der Waals surface area contributed by atoms with Gasteiger partial charge in [0.15, 0.2) is 0 Å². The molecule has 1 saturated carbocycles. The molecule has 2 heterocycles. The van der Waals surface area contributed by atoms with Gasteiger partial charge in [0.25, 0.3) is 0 Å². The number of piperidine rings is 1. The van der Waals surface area contributed by atoms with Crippen LogP contribution in [0.25, 0.3) is 10.2 Å². The van der Waals surface area contributed by atoms with Crippen LogP contribution in [0, 0.1) is 11.8 Å². The van der Waals surface area contributed by atoms with Crippen molar-refractivity contribution in [2.45, 2.75) is 6.42 Å². The van der Waals surface area contributed by atoms with Gasteiger partial charge in [-0.25, -0.2) is 4.90 Å². The molecule has 2 aliphatic rings. The third-order valence-corrected chi connectivity index (χ3v) is 4.06. The fraction of sp³-hybridized carbons (Fsp3) is 0.273. The van der Waals surface area contributed by atoms with Gasteiger partial charge in [-0.15, -0.1) is 5.10 Å². The maximum Gasteiger partial charge on any atom is 0.237 e. The van der Waals surface area contributed by atoms with E-state index in [-0.39, 0.29) is 23.7 Å². The van der Waals surface area contributed by atoms with E-state index in [1.807, 2.05) is 6.07 Å². The number of imide groups is 1. The first-order valence-electron chi connectivity index (χ1n) is 5.35. The van der Waals surface area contributed by atoms with Crippen molar-refractivity contribution < 1.29 is 9.59 Å². The highest BCUT2D eigenvalue weighted by Gasteiger charge is 2.59. The molecular weight excluding hydrogens is 238 g/mol. The predicted molar refractivity (Wildman–Crippen MR) is 61.5 cm³/mol. The number of anilines is 1. The van der Waals surface area contributed by atoms with Crippen LogP contribution in [0.15, 0.2) is 18.2 Å². The average Bonchev–Trinajstić information content (AvgIpc) is 2.93. The first kappa shape index (κ1) is 9.23. The Kier molecular flexibility index (Phi) is 1.57. The van der Waals surface area contributed by atoms with Gasteiger partial charge in [-0.1, -0.05) is 4.49 Å². The van der Waals surface area contributed by atoms with Crippen molar-refractivity contribution >= 4 is 39.3 Å². The molecule has 4 rings (SSSR count). The summed E-state index contributed by atoms with van der Waals surface area (Å²) >= 11 is 1.30. The second kappa shape index (κ2) is 2.89. The molecule has 2 atom stereocenters. The van der Waals surface area contributed by atoms with Crippen molar-refractivity contribution in [2.75, 3.05) is 4.90 Å². The van der Waals surface area contributed by atoms with Gasteiger partial charge < -0.3 is 0 Å². The highest BCUT2D eigenvalue weighted by molar-refractivity contribution is 7.12. The Balaban J connectivity index is 1.83. The molecule has 1 aliphatic heterocycles. The lowest BCUT2D eigenvalue weighted by Gasteiger charge is -2.15. The van der Waals surface area contributed by atoms with Crippen LogP contribution in [0.1, 0.15) is 6.42 Å². The Hall–Kier alpha value is -1.82. The highest BCUT2D eigenvalue weighted by Crippen LogP contribution is 2.48. The first-order valence-corrected chi connectivity index (χ1v) is 6.13. The lowest BCUT2D eigenvalue weighted by atomic mass is 10.2. The Morgan fingerprint density at radius 2 is 2.00 bits per heavy atom. The first-order chi connectivity index (χ1) is 8.25. The quantitative estimate of drug-likeness (QED) is 0.708. The van der Waals surface area contributed by atoms with Crippen molar-refractivity contribution in [3.63, 3.8) is 0 Å². The molecule has 0 radical (unpaired) electrons. The van der Waals surface area contributed by atoms with Gasteiger partial charge in [0, 0.05) is 0 Å². The summed E-state index contributed by atoms with van der Waals surface area (Å²) in [6.07, 6.45) is 0.731. The largest absolute Gasteiger partial charge is 0.274 e. The zero-order chi connectivity index (χ0) is 11.6. The molecule has 5 nitrogen and oxygen atoms in total. The summed E-state index contributed by atoms with van der Waals surface area (Å²) in [5.74, 6) is -0.261. The van der Waals surface area contributed by atoms with Gasteiger partial charge in [0.1, 0.15) is 5.52 Å². The monoisotopic (exact) mass is 245 g/mol. The molecule has 2 amide bonds. The van der Waals surface area contributed by atoms with E-state index >= 15 is 0 Å². The second-order valence-corrected chi connectivity index (χ2v) is 5.17. The van der Waals surface area contributed by atoms with Crippen LogP contribution in [-0.4, -0.2) is 21.4 Å². The number of fused-ring (bicyclic) bond motifs is 2. The van der Waals surface area contributed by atoms with Crippen LogP contribution >= 0.6 is 11.5 Å². The third kappa shape index (κ3) is 1.13. The van der Waals surface area contributed by atoms with Gasteiger partial charge in [0.05, 0.1) is 22.2 Å². The molecule has 1 aromatic carbocycles. The topological polar surface area (TPSA) is 63.2 Å². The number of amides is 2. The van der Waals surface area contributed by atoms with E-state index in [2.05, 4.69) is 9.59 Å². The summed E-state index contributed by atoms with van der Waals surface area (Å²) in [5.41, 5.74) is 1.35. The summed E-state index contributed by atoms with van der Waals surface area (Å²) in [4.78, 5) is 25.1. The zero-order valence-electron chi connectivity index (χ0n) is 8.66. The van der Waals surface area contributed by atoms with Gasteiger partial charge in [-0.05, 0) is 36.2 Å². The third-order valence-electron chi connectivity index (χ3n) is 3.35. The number of hydrogen-bond acceptors (Lipinski definition) is 5. The fourth-order valence-corrected chi connectivity index (χ4v) is 2.88. The normalized spacial score (nSPS) is 26.7. The molecule has 1 saturated heterocycles. The zero-order valence-corrected chi connectivity index (χ0v) is 9.48. The summed E-state index contributed by atoms with van der Waals surface area (Å²) in [7, 11) is 0. The second-order valence-electron chi connectivity index (χ2n) is 4.39. The maximum absolute atomic E-state index is 11.9. The van der Waals surface area contributed by atoms with Crippen molar-refractivity contribution in [2.24, 2.45) is 11.8 Å². The van der Waals surface area contributed by atoms with E-state index in [1.54, 1.807) is 12.1 Å². The minimum atomic E-state index is -0.0671. The summed E-state index contributed by atoms with van der Waals surface area (Å²) in [6.45, 7) is 0. The molecule has 2 unspecified atom stereocenters. The Labute approximate surface area is 100 Å². The number of carbonyl (C=O) groups excluding carboxylic acids is 2. The number of benzene rings is 1. The van der Waals surface area contributed by atoms with Gasteiger partial charge >= 0.3 is 0 Å². The van der Waals surface area contributed by atoms with E-state index in [1.165, 1.54) is 16.4 Å². The molecule has 0 spiro atoms. The smallest absolute Gasteiger partial charge is 0.237 e. The highest BCUT2D eigenvalue weighted by atomic mass is 32.1. The van der Waals surface area contributed by atoms with Crippen molar-refractivity contribution in [3.8, 4) is 0 Å². The van der Waals surface area contributed by atoms with Crippen LogP contribution in [0.2, 0.25) is 0 Å². The van der Waals surface area contributed by atoms with Gasteiger partial charge in [0.2, 0.25) is 11.8 Å². The molecule has 0 N–H and O–H groups in total. The van der Waals surface area contributed by atoms with Crippen LogP contribution in [0.5, 0.6) is 0 Å². The molecule has 1 aromatic heterocycles. The van der Waals surface area contributed by atoms with Gasteiger partial charge in [-0.3, -0.25) is 9.59 Å². The standard InChI is InChI=1S/C11H7N3O2S/c15-10-6-4-7(6)11(16)14(10)5-1-2-9-8(3-5)12-13-17-9/h1-3,6-7H,4H2. The van der Waals surface area contributed by atoms with Crippen LogP contribution in [0.3, 0.4) is 0 Å². The summed E-state index contributed by atoms with van der Waals surface area (Å²) in [5, 5.41) is 3.95. The Morgan fingerprint density at radius 3 is 2.76 bits per heavy atom. The molecule has 0 bridgehead atoms. The molecule has 1 aliphatic carbocycles.